The van der Waals surface area contributed by atoms with E-state index in [4.69, 9.17) is 0 Å². The fourth-order valence-corrected chi connectivity index (χ4v) is 2.37. The molecule has 3 nitrogen and oxygen atoms in total. The molecule has 20 heavy (non-hydrogen) atoms. The van der Waals surface area contributed by atoms with Crippen molar-refractivity contribution in [2.75, 3.05) is 27.2 Å². The fraction of sp³-hybridized carbons (Fsp3) is 0.647. The molecule has 0 heterocycles. The fourth-order valence-electron chi connectivity index (χ4n) is 2.37. The summed E-state index contributed by atoms with van der Waals surface area (Å²) in [5.41, 5.74) is 1.54. The van der Waals surface area contributed by atoms with Crippen LogP contribution in [-0.4, -0.2) is 43.3 Å². The van der Waals surface area contributed by atoms with Gasteiger partial charge in [0.1, 0.15) is 0 Å². The zero-order chi connectivity index (χ0) is 15.2. The summed E-state index contributed by atoms with van der Waals surface area (Å²) >= 11 is 0. The van der Waals surface area contributed by atoms with Gasteiger partial charge in [-0.1, -0.05) is 51.1 Å². The molecule has 0 bridgehead atoms. The summed E-state index contributed by atoms with van der Waals surface area (Å²) in [6.45, 7) is 8.06. The zero-order valence-electron chi connectivity index (χ0n) is 13.6. The molecule has 1 aromatic carbocycles. The van der Waals surface area contributed by atoms with Crippen LogP contribution in [0.3, 0.4) is 0 Å². The number of nitrogens with zero attached hydrogens (tertiary/aromatic N) is 1. The van der Waals surface area contributed by atoms with E-state index in [1.165, 1.54) is 5.56 Å². The van der Waals surface area contributed by atoms with Crippen molar-refractivity contribution in [3.8, 4) is 0 Å². The normalized spacial score (nSPS) is 15.3. The molecule has 0 fully saturated rings. The molecule has 0 amide bonds. The Balaban J connectivity index is 2.64. The Morgan fingerprint density at radius 2 is 1.75 bits per heavy atom. The van der Waals surface area contributed by atoms with Crippen LogP contribution in [0.5, 0.6) is 0 Å². The van der Waals surface area contributed by atoms with Crippen LogP contribution in [0.4, 0.5) is 0 Å². The number of likely N-dealkylation sites (N-methyl/N-ethyl adjacent to an activating group) is 1. The molecule has 114 valence electrons. The van der Waals surface area contributed by atoms with Gasteiger partial charge in [0.05, 0.1) is 6.10 Å². The topological polar surface area (TPSA) is 35.5 Å². The Hall–Kier alpha value is -0.900. The van der Waals surface area contributed by atoms with E-state index >= 15 is 0 Å². The van der Waals surface area contributed by atoms with E-state index in [2.05, 4.69) is 50.4 Å². The quantitative estimate of drug-likeness (QED) is 0.805. The van der Waals surface area contributed by atoms with E-state index in [9.17, 15) is 5.11 Å². The van der Waals surface area contributed by atoms with Gasteiger partial charge in [0.2, 0.25) is 0 Å². The Morgan fingerprint density at radius 3 is 2.25 bits per heavy atom. The minimum atomic E-state index is -0.337. The van der Waals surface area contributed by atoms with Crippen molar-refractivity contribution >= 4 is 0 Å². The van der Waals surface area contributed by atoms with Crippen molar-refractivity contribution in [1.29, 1.82) is 0 Å². The van der Waals surface area contributed by atoms with Gasteiger partial charge < -0.3 is 15.3 Å². The van der Waals surface area contributed by atoms with Gasteiger partial charge in [0.15, 0.2) is 0 Å². The Bertz CT molecular complexity index is 370. The van der Waals surface area contributed by atoms with Crippen molar-refractivity contribution in [2.24, 2.45) is 5.41 Å². The average Bonchev–Trinajstić information content (AvgIpc) is 2.33. The lowest BCUT2D eigenvalue weighted by Gasteiger charge is -2.28. The summed E-state index contributed by atoms with van der Waals surface area (Å²) < 4.78 is 0. The summed E-state index contributed by atoms with van der Waals surface area (Å²) in [5, 5.41) is 13.5. The van der Waals surface area contributed by atoms with Gasteiger partial charge in [-0.25, -0.2) is 0 Å². The van der Waals surface area contributed by atoms with E-state index < -0.39 is 0 Å². The van der Waals surface area contributed by atoms with E-state index in [1.807, 2.05) is 25.1 Å². The van der Waals surface area contributed by atoms with E-state index in [0.29, 0.717) is 13.1 Å². The maximum absolute atomic E-state index is 10.0. The molecule has 0 saturated heterocycles. The van der Waals surface area contributed by atoms with Gasteiger partial charge in [-0.15, -0.1) is 0 Å². The number of aliphatic hydroxyl groups excluding tert-OH is 1. The van der Waals surface area contributed by atoms with Crippen molar-refractivity contribution in [1.82, 2.24) is 10.2 Å². The SMILES string of the molecule is CN(C)CC(O)CNC(CC(C)(C)C)c1ccccc1. The minimum absolute atomic E-state index is 0.250. The molecule has 2 unspecified atom stereocenters. The molecule has 2 N–H and O–H groups in total. The van der Waals surface area contributed by atoms with Crippen LogP contribution < -0.4 is 5.32 Å². The van der Waals surface area contributed by atoms with Crippen LogP contribution >= 0.6 is 0 Å². The van der Waals surface area contributed by atoms with Gasteiger partial charge in [-0.2, -0.15) is 0 Å². The number of hydrogen-bond donors (Lipinski definition) is 2. The second-order valence-electron chi connectivity index (χ2n) is 7.05. The minimum Gasteiger partial charge on any atom is -0.390 e. The van der Waals surface area contributed by atoms with Crippen LogP contribution in [0.2, 0.25) is 0 Å². The molecular weight excluding hydrogens is 248 g/mol. The highest BCUT2D eigenvalue weighted by molar-refractivity contribution is 5.19. The predicted molar refractivity (Wildman–Crippen MR) is 85.8 cm³/mol. The van der Waals surface area contributed by atoms with Crippen molar-refractivity contribution in [3.05, 3.63) is 35.9 Å². The molecule has 0 spiro atoms. The average molecular weight is 278 g/mol. The molecule has 0 aliphatic rings. The van der Waals surface area contributed by atoms with E-state index in [1.54, 1.807) is 0 Å². The Morgan fingerprint density at radius 1 is 1.15 bits per heavy atom. The first-order chi connectivity index (χ1) is 9.28. The highest BCUT2D eigenvalue weighted by Crippen LogP contribution is 2.29. The molecular formula is C17H30N2O. The lowest BCUT2D eigenvalue weighted by atomic mass is 9.85. The third-order valence-electron chi connectivity index (χ3n) is 3.19. The zero-order valence-corrected chi connectivity index (χ0v) is 13.6. The van der Waals surface area contributed by atoms with Gasteiger partial charge in [-0.05, 0) is 31.5 Å². The van der Waals surface area contributed by atoms with Gasteiger partial charge in [-0.3, -0.25) is 0 Å². The molecule has 0 aliphatic heterocycles. The summed E-state index contributed by atoms with van der Waals surface area (Å²) in [5.74, 6) is 0. The standard InChI is InChI=1S/C17H30N2O/c1-17(2,3)11-16(14-9-7-6-8-10-14)18-12-15(20)13-19(4)5/h6-10,15-16,18,20H,11-13H2,1-5H3. The first kappa shape index (κ1) is 17.2. The molecule has 2 atom stereocenters. The van der Waals surface area contributed by atoms with Gasteiger partial charge >= 0.3 is 0 Å². The maximum atomic E-state index is 10.0. The van der Waals surface area contributed by atoms with Crippen molar-refractivity contribution in [3.63, 3.8) is 0 Å². The molecule has 1 rings (SSSR count). The highest BCUT2D eigenvalue weighted by Gasteiger charge is 2.20. The Labute approximate surface area is 124 Å². The smallest absolute Gasteiger partial charge is 0.0791 e. The summed E-state index contributed by atoms with van der Waals surface area (Å²) in [4.78, 5) is 2.01. The molecule has 0 aromatic heterocycles. The maximum Gasteiger partial charge on any atom is 0.0791 e. The highest BCUT2D eigenvalue weighted by atomic mass is 16.3. The summed E-state index contributed by atoms with van der Waals surface area (Å²) in [6, 6.07) is 10.8. The molecule has 3 heteroatoms. The van der Waals surface area contributed by atoms with E-state index in [0.717, 1.165) is 6.42 Å². The number of aliphatic hydroxyl groups is 1. The molecule has 1 aromatic rings. The number of rotatable bonds is 7. The number of benzene rings is 1. The number of hydrogen-bond acceptors (Lipinski definition) is 3. The summed E-state index contributed by atoms with van der Waals surface area (Å²) in [6.07, 6.45) is 0.710. The second-order valence-corrected chi connectivity index (χ2v) is 7.05. The van der Waals surface area contributed by atoms with Crippen molar-refractivity contribution < 1.29 is 5.11 Å². The first-order valence-electron chi connectivity index (χ1n) is 7.39. The van der Waals surface area contributed by atoms with Gasteiger partial charge in [0, 0.05) is 19.1 Å². The molecule has 0 radical (unpaired) electrons. The monoisotopic (exact) mass is 278 g/mol. The lowest BCUT2D eigenvalue weighted by Crippen LogP contribution is -2.37. The summed E-state index contributed by atoms with van der Waals surface area (Å²) in [7, 11) is 3.96. The van der Waals surface area contributed by atoms with Crippen LogP contribution in [0, 0.1) is 5.41 Å². The van der Waals surface area contributed by atoms with Crippen molar-refractivity contribution in [2.45, 2.75) is 39.3 Å². The van der Waals surface area contributed by atoms with Crippen LogP contribution in [-0.2, 0) is 0 Å². The third-order valence-corrected chi connectivity index (χ3v) is 3.19. The number of nitrogens with one attached hydrogen (secondary N) is 1. The third kappa shape index (κ3) is 7.04. The second kappa shape index (κ2) is 7.77. The first-order valence-corrected chi connectivity index (χ1v) is 7.39. The Kier molecular flexibility index (Phi) is 6.66. The van der Waals surface area contributed by atoms with E-state index in [-0.39, 0.29) is 17.6 Å². The lowest BCUT2D eigenvalue weighted by molar-refractivity contribution is 0.128. The van der Waals surface area contributed by atoms with Crippen LogP contribution in [0.15, 0.2) is 30.3 Å². The van der Waals surface area contributed by atoms with Crippen LogP contribution in [0.1, 0.15) is 38.8 Å². The molecule has 0 saturated carbocycles. The molecule has 0 aliphatic carbocycles. The predicted octanol–water partition coefficient (Wildman–Crippen LogP) is 2.68. The van der Waals surface area contributed by atoms with Crippen LogP contribution in [0.25, 0.3) is 0 Å². The van der Waals surface area contributed by atoms with Gasteiger partial charge in [0.25, 0.3) is 0 Å². The largest absolute Gasteiger partial charge is 0.390 e.